The van der Waals surface area contributed by atoms with E-state index < -0.39 is 17.1 Å². The van der Waals surface area contributed by atoms with Crippen molar-refractivity contribution >= 4 is 58.4 Å². The first-order valence-corrected chi connectivity index (χ1v) is 9.70. The highest BCUT2D eigenvalue weighted by molar-refractivity contribution is 8.00. The van der Waals surface area contributed by atoms with Crippen LogP contribution in [-0.4, -0.2) is 34.0 Å². The number of carbonyl (C=O) groups is 4. The molecule has 3 amide bonds. The number of halogens is 1. The number of carbonyl (C=O) groups excluding carboxylic acids is 3. The fourth-order valence-corrected chi connectivity index (χ4v) is 3.93. The quantitative estimate of drug-likeness (QED) is 0.538. The van der Waals surface area contributed by atoms with Crippen molar-refractivity contribution in [3.63, 3.8) is 0 Å². The van der Waals surface area contributed by atoms with Crippen LogP contribution in [0.3, 0.4) is 0 Å². The van der Waals surface area contributed by atoms with E-state index in [1.54, 1.807) is 48.5 Å². The maximum Gasteiger partial charge on any atom is 0.328 e. The SMILES string of the molecule is O=C(O)/C=C/C(=O)Nc1ccc(S[C@H]2CC(=O)N(c3cccc(Cl)c3)C2=O)cc1. The summed E-state index contributed by atoms with van der Waals surface area (Å²) < 4.78 is 0. The number of thioether (sulfide) groups is 1. The summed E-state index contributed by atoms with van der Waals surface area (Å²) in [5.41, 5.74) is 0.923. The number of anilines is 2. The molecule has 0 saturated carbocycles. The molecule has 2 aromatic rings. The molecular formula is C20H15ClN2O5S. The molecule has 0 aliphatic carbocycles. The minimum absolute atomic E-state index is 0.0779. The van der Waals surface area contributed by atoms with Crippen molar-refractivity contribution in [1.82, 2.24) is 0 Å². The van der Waals surface area contributed by atoms with Gasteiger partial charge in [0, 0.05) is 34.2 Å². The van der Waals surface area contributed by atoms with E-state index in [1.165, 1.54) is 11.8 Å². The number of nitrogens with zero attached hydrogens (tertiary/aromatic N) is 1. The zero-order valence-corrected chi connectivity index (χ0v) is 16.4. The van der Waals surface area contributed by atoms with Gasteiger partial charge in [-0.1, -0.05) is 17.7 Å². The van der Waals surface area contributed by atoms with E-state index >= 15 is 0 Å². The van der Waals surface area contributed by atoms with Crippen molar-refractivity contribution in [3.05, 3.63) is 65.7 Å². The van der Waals surface area contributed by atoms with E-state index in [1.807, 2.05) is 0 Å². The zero-order chi connectivity index (χ0) is 21.0. The Morgan fingerprint density at radius 1 is 1.14 bits per heavy atom. The summed E-state index contributed by atoms with van der Waals surface area (Å²) in [7, 11) is 0. The van der Waals surface area contributed by atoms with Crippen LogP contribution in [0.4, 0.5) is 11.4 Å². The van der Waals surface area contributed by atoms with Crippen molar-refractivity contribution in [3.8, 4) is 0 Å². The zero-order valence-electron chi connectivity index (χ0n) is 14.9. The van der Waals surface area contributed by atoms with E-state index in [0.717, 1.165) is 21.9 Å². The molecule has 1 atom stereocenters. The molecule has 0 spiro atoms. The Kier molecular flexibility index (Phi) is 6.36. The predicted octanol–water partition coefficient (Wildman–Crippen LogP) is 3.34. The van der Waals surface area contributed by atoms with Crippen LogP contribution in [0.2, 0.25) is 5.02 Å². The Balaban J connectivity index is 1.64. The number of carboxylic acid groups (broad SMARTS) is 1. The second kappa shape index (κ2) is 8.93. The minimum Gasteiger partial charge on any atom is -0.478 e. The van der Waals surface area contributed by atoms with Gasteiger partial charge in [-0.15, -0.1) is 11.8 Å². The first kappa shape index (κ1) is 20.6. The Morgan fingerprint density at radius 2 is 1.86 bits per heavy atom. The van der Waals surface area contributed by atoms with E-state index in [-0.39, 0.29) is 18.2 Å². The van der Waals surface area contributed by atoms with Gasteiger partial charge in [0.25, 0.3) is 0 Å². The normalized spacial score (nSPS) is 16.4. The van der Waals surface area contributed by atoms with Crippen molar-refractivity contribution in [2.75, 3.05) is 10.2 Å². The molecule has 1 heterocycles. The Hall–Kier alpha value is -3.10. The second-order valence-corrected chi connectivity index (χ2v) is 7.76. The van der Waals surface area contributed by atoms with Crippen molar-refractivity contribution in [2.45, 2.75) is 16.6 Å². The molecule has 148 valence electrons. The Morgan fingerprint density at radius 3 is 2.52 bits per heavy atom. The largest absolute Gasteiger partial charge is 0.478 e. The molecule has 9 heteroatoms. The topological polar surface area (TPSA) is 104 Å². The fourth-order valence-electron chi connectivity index (χ4n) is 2.69. The second-order valence-electron chi connectivity index (χ2n) is 6.04. The molecule has 1 aliphatic heterocycles. The number of carboxylic acids is 1. The van der Waals surface area contributed by atoms with Gasteiger partial charge in [-0.05, 0) is 42.5 Å². The van der Waals surface area contributed by atoms with Crippen molar-refractivity contribution < 1.29 is 24.3 Å². The average molecular weight is 431 g/mol. The molecular weight excluding hydrogens is 416 g/mol. The summed E-state index contributed by atoms with van der Waals surface area (Å²) in [5.74, 6) is -2.38. The maximum atomic E-state index is 12.7. The number of amides is 3. The summed E-state index contributed by atoms with van der Waals surface area (Å²) in [6.45, 7) is 0. The van der Waals surface area contributed by atoms with Crippen LogP contribution < -0.4 is 10.2 Å². The van der Waals surface area contributed by atoms with Gasteiger partial charge in [-0.2, -0.15) is 0 Å². The molecule has 7 nitrogen and oxygen atoms in total. The highest BCUT2D eigenvalue weighted by Gasteiger charge is 2.40. The summed E-state index contributed by atoms with van der Waals surface area (Å²) >= 11 is 7.21. The number of benzene rings is 2. The van der Waals surface area contributed by atoms with Crippen LogP contribution in [0.15, 0.2) is 65.6 Å². The summed E-state index contributed by atoms with van der Waals surface area (Å²) in [6.07, 6.45) is 1.74. The van der Waals surface area contributed by atoms with Crippen molar-refractivity contribution in [2.24, 2.45) is 0 Å². The molecule has 2 N–H and O–H groups in total. The summed E-state index contributed by atoms with van der Waals surface area (Å²) in [5, 5.41) is 10.9. The highest BCUT2D eigenvalue weighted by Crippen LogP contribution is 2.34. The van der Waals surface area contributed by atoms with Gasteiger partial charge in [-0.25, -0.2) is 9.69 Å². The number of hydrogen-bond donors (Lipinski definition) is 2. The first-order valence-electron chi connectivity index (χ1n) is 8.44. The lowest BCUT2D eigenvalue weighted by Gasteiger charge is -2.15. The molecule has 0 aromatic heterocycles. The number of hydrogen-bond acceptors (Lipinski definition) is 5. The van der Waals surface area contributed by atoms with Gasteiger partial charge in [0.1, 0.15) is 0 Å². The summed E-state index contributed by atoms with van der Waals surface area (Å²) in [6, 6.07) is 13.3. The molecule has 0 unspecified atom stereocenters. The van der Waals surface area contributed by atoms with Crippen molar-refractivity contribution in [1.29, 1.82) is 0 Å². The van der Waals surface area contributed by atoms with E-state index in [2.05, 4.69) is 5.32 Å². The van der Waals surface area contributed by atoms with Gasteiger partial charge in [0.05, 0.1) is 10.9 Å². The lowest BCUT2D eigenvalue weighted by atomic mass is 10.3. The Labute approximate surface area is 175 Å². The van der Waals surface area contributed by atoms with Crippen LogP contribution in [0.1, 0.15) is 6.42 Å². The maximum absolute atomic E-state index is 12.7. The smallest absolute Gasteiger partial charge is 0.328 e. The van der Waals surface area contributed by atoms with Crippen LogP contribution in [-0.2, 0) is 19.2 Å². The molecule has 1 saturated heterocycles. The average Bonchev–Trinajstić information content (AvgIpc) is 2.95. The molecule has 1 fully saturated rings. The molecule has 3 rings (SSSR count). The third-order valence-electron chi connectivity index (χ3n) is 3.95. The molecule has 0 bridgehead atoms. The van der Waals surface area contributed by atoms with Crippen LogP contribution in [0, 0.1) is 0 Å². The number of rotatable bonds is 6. The van der Waals surface area contributed by atoms with Crippen LogP contribution >= 0.6 is 23.4 Å². The standard InChI is InChI=1S/C20H15ClN2O5S/c21-12-2-1-3-14(10-12)23-18(25)11-16(20(23)28)29-15-6-4-13(5-7-15)22-17(24)8-9-19(26)27/h1-10,16H,11H2,(H,22,24)(H,26,27)/b9-8+/t16-/m0/s1. The monoisotopic (exact) mass is 430 g/mol. The Bertz CT molecular complexity index is 1010. The lowest BCUT2D eigenvalue weighted by molar-refractivity contribution is -0.131. The van der Waals surface area contributed by atoms with Gasteiger partial charge in [-0.3, -0.25) is 14.4 Å². The third kappa shape index (κ3) is 5.24. The fraction of sp³-hybridized carbons (Fsp3) is 0.100. The van der Waals surface area contributed by atoms with Gasteiger partial charge in [0.2, 0.25) is 17.7 Å². The minimum atomic E-state index is -1.21. The number of nitrogens with one attached hydrogen (secondary N) is 1. The number of aliphatic carboxylic acids is 1. The molecule has 2 aromatic carbocycles. The molecule has 1 aliphatic rings. The van der Waals surface area contributed by atoms with E-state index in [9.17, 15) is 19.2 Å². The van der Waals surface area contributed by atoms with E-state index in [4.69, 9.17) is 16.7 Å². The van der Waals surface area contributed by atoms with Crippen LogP contribution in [0.25, 0.3) is 0 Å². The molecule has 0 radical (unpaired) electrons. The third-order valence-corrected chi connectivity index (χ3v) is 5.38. The summed E-state index contributed by atoms with van der Waals surface area (Å²) in [4.78, 5) is 48.9. The van der Waals surface area contributed by atoms with Gasteiger partial charge in [0.15, 0.2) is 0 Å². The van der Waals surface area contributed by atoms with Gasteiger partial charge < -0.3 is 10.4 Å². The highest BCUT2D eigenvalue weighted by atomic mass is 35.5. The predicted molar refractivity (Wildman–Crippen MR) is 110 cm³/mol. The van der Waals surface area contributed by atoms with E-state index in [0.29, 0.717) is 16.4 Å². The van der Waals surface area contributed by atoms with Gasteiger partial charge >= 0.3 is 5.97 Å². The lowest BCUT2D eigenvalue weighted by Crippen LogP contribution is -2.31. The number of imide groups is 1. The first-order chi connectivity index (χ1) is 13.8. The van der Waals surface area contributed by atoms with Crippen LogP contribution in [0.5, 0.6) is 0 Å². The molecule has 29 heavy (non-hydrogen) atoms.